The molecule has 9 heteroatoms. The van der Waals surface area contributed by atoms with Crippen LogP contribution in [0.3, 0.4) is 0 Å². The Balaban J connectivity index is 0.00000216. The first-order valence-electron chi connectivity index (χ1n) is 50.2. The second-order valence-electron chi connectivity index (χ2n) is 35.4. The molecule has 0 bridgehead atoms. The van der Waals surface area contributed by atoms with Crippen molar-refractivity contribution in [2.75, 3.05) is 0 Å². The summed E-state index contributed by atoms with van der Waals surface area (Å²) in [5.41, 5.74) is 1.91. The molecular weight excluding hydrogens is 1410 g/mol. The summed E-state index contributed by atoms with van der Waals surface area (Å²) in [4.78, 5) is -0.209. The van der Waals surface area contributed by atoms with Crippen LogP contribution in [0.15, 0.2) is 58.3 Å². The average molecular weight is 1600 g/mol. The van der Waals surface area contributed by atoms with E-state index in [0.717, 1.165) is 36.8 Å². The fourth-order valence-corrected chi connectivity index (χ4v) is 18.1. The molecule has 0 aliphatic rings. The Kier molecular flexibility index (Phi) is 89.0. The van der Waals surface area contributed by atoms with Crippen molar-refractivity contribution in [1.29, 1.82) is 0 Å². The first-order chi connectivity index (χ1) is 54.1. The smallest absolute Gasteiger partial charge is 0.744 e. The number of rotatable bonds is 90. The van der Waals surface area contributed by atoms with Crippen LogP contribution in [-0.4, -0.2) is 49.0 Å². The fraction of sp³-hybridized carbons (Fsp3) is 0.882. The van der Waals surface area contributed by atoms with Crippen LogP contribution in [0, 0.1) is 0 Å². The van der Waals surface area contributed by atoms with Crippen LogP contribution < -0.4 is 0 Å². The summed E-state index contributed by atoms with van der Waals surface area (Å²) in [6.45, 7) is 4.61. The van der Waals surface area contributed by atoms with Gasteiger partial charge in [-0.05, 0) is 61.1 Å². The minimum atomic E-state index is -4.35. The van der Waals surface area contributed by atoms with E-state index >= 15 is 0 Å². The average Bonchev–Trinajstić information content (AvgIpc) is 0.864. The molecule has 648 valence electrons. The Morgan fingerprint density at radius 3 is 0.396 bits per heavy atom. The number of aryl methyl sites for hydroxylation is 2. The molecule has 0 radical (unpaired) electrons. The molecule has 6 nitrogen and oxygen atoms in total. The van der Waals surface area contributed by atoms with E-state index in [0.29, 0.717) is 0 Å². The van der Waals surface area contributed by atoms with Crippen LogP contribution in [0.1, 0.15) is 577 Å². The molecule has 0 saturated heterocycles. The number of hydrogen-bond donors (Lipinski definition) is 0. The van der Waals surface area contributed by atoms with Gasteiger partial charge in [0.1, 0.15) is 20.2 Å². The molecule has 0 N–H and O–H groups in total. The second-order valence-corrected chi connectivity index (χ2v) is 38.2. The summed E-state index contributed by atoms with van der Waals surface area (Å²) >= 11 is 0. The number of hydrogen-bond acceptors (Lipinski definition) is 6. The van der Waals surface area contributed by atoms with Gasteiger partial charge in [-0.3, -0.25) is 0 Å². The zero-order valence-corrected chi connectivity index (χ0v) is 77.9. The third-order valence-corrected chi connectivity index (χ3v) is 26.2. The fourth-order valence-electron chi connectivity index (χ4n) is 17.0. The first-order valence-corrected chi connectivity index (χ1v) is 53.0. The summed E-state index contributed by atoms with van der Waals surface area (Å²) in [5, 5.41) is 0. The molecule has 0 heterocycles. The van der Waals surface area contributed by atoms with Crippen molar-refractivity contribution in [1.82, 2.24) is 0 Å². The van der Waals surface area contributed by atoms with Gasteiger partial charge in [-0.15, -0.1) is 0 Å². The number of unbranched alkanes of at least 4 members (excludes halogenated alkanes) is 84. The maximum absolute atomic E-state index is 11.2. The van der Waals surface area contributed by atoms with Crippen molar-refractivity contribution < 1.29 is 25.9 Å². The molecular formula is C102H190MgO6S2. The van der Waals surface area contributed by atoms with E-state index in [1.807, 2.05) is 12.1 Å². The van der Waals surface area contributed by atoms with Crippen LogP contribution in [-0.2, 0) is 33.1 Å². The zero-order valence-electron chi connectivity index (χ0n) is 74.8. The van der Waals surface area contributed by atoms with Crippen molar-refractivity contribution >= 4 is 43.3 Å². The second kappa shape index (κ2) is 89.8. The van der Waals surface area contributed by atoms with Gasteiger partial charge in [-0.25, -0.2) is 16.8 Å². The van der Waals surface area contributed by atoms with E-state index in [1.54, 1.807) is 12.1 Å². The molecule has 0 aliphatic carbocycles. The van der Waals surface area contributed by atoms with Crippen molar-refractivity contribution in [2.24, 2.45) is 0 Å². The van der Waals surface area contributed by atoms with Crippen molar-refractivity contribution in [3.05, 3.63) is 59.7 Å². The van der Waals surface area contributed by atoms with Gasteiger partial charge >= 0.3 is 23.1 Å². The molecule has 2 aromatic rings. The predicted octanol–water partition coefficient (Wildman–Crippen LogP) is 35.5. The van der Waals surface area contributed by atoms with Crippen molar-refractivity contribution in [2.45, 2.75) is 589 Å². The minimum Gasteiger partial charge on any atom is -0.744 e. The Labute approximate surface area is 712 Å². The van der Waals surface area contributed by atoms with Gasteiger partial charge in [0.05, 0.1) is 9.79 Å². The van der Waals surface area contributed by atoms with Gasteiger partial charge in [-0.2, -0.15) is 0 Å². The summed E-state index contributed by atoms with van der Waals surface area (Å²) in [7, 11) is -8.70. The minimum absolute atomic E-state index is 0. The Morgan fingerprint density at radius 2 is 0.288 bits per heavy atom. The first kappa shape index (κ1) is 110. The molecule has 0 amide bonds. The molecule has 0 aliphatic heterocycles. The summed E-state index contributed by atoms with van der Waals surface area (Å²) in [5.74, 6) is 0. The number of benzene rings is 2. The molecule has 2 rings (SSSR count). The van der Waals surface area contributed by atoms with E-state index in [4.69, 9.17) is 0 Å². The standard InChI is InChI=1S/2C51H96O3S.Mg/c2*1-2-3-4-5-6-7-8-9-10-11-12-13-14-15-16-17-18-19-20-21-22-23-24-25-26-27-28-29-30-31-32-33-34-35-36-37-38-39-40-41-42-43-44-46-50-47-45-48-51(49-50)55(52,53)54;/h2*45,47-49H,2-44,46H2,1H3,(H,52,53,54);/q;;+2/p-2. The summed E-state index contributed by atoms with van der Waals surface area (Å²) < 4.78 is 67.1. The molecule has 0 spiro atoms. The monoisotopic (exact) mass is 1600 g/mol. The van der Waals surface area contributed by atoms with Crippen molar-refractivity contribution in [3.8, 4) is 0 Å². The maximum atomic E-state index is 11.2. The van der Waals surface area contributed by atoms with Crippen LogP contribution in [0.2, 0.25) is 0 Å². The van der Waals surface area contributed by atoms with Gasteiger partial charge in [0, 0.05) is 0 Å². The van der Waals surface area contributed by atoms with Crippen LogP contribution in [0.25, 0.3) is 0 Å². The predicted molar refractivity (Wildman–Crippen MR) is 490 cm³/mol. The van der Waals surface area contributed by atoms with Crippen molar-refractivity contribution in [3.63, 3.8) is 0 Å². The van der Waals surface area contributed by atoms with E-state index in [9.17, 15) is 25.9 Å². The van der Waals surface area contributed by atoms with Crippen LogP contribution in [0.5, 0.6) is 0 Å². The maximum Gasteiger partial charge on any atom is 2.00 e. The van der Waals surface area contributed by atoms with Crippen LogP contribution >= 0.6 is 0 Å². The van der Waals surface area contributed by atoms with Gasteiger partial charge in [0.2, 0.25) is 0 Å². The molecule has 111 heavy (non-hydrogen) atoms. The van der Waals surface area contributed by atoms with Crippen LogP contribution in [0.4, 0.5) is 0 Å². The van der Waals surface area contributed by atoms with E-state index in [1.165, 1.54) is 564 Å². The molecule has 0 unspecified atom stereocenters. The van der Waals surface area contributed by atoms with E-state index in [-0.39, 0.29) is 32.8 Å². The Bertz CT molecular complexity index is 2180. The molecule has 0 aromatic heterocycles. The largest absolute Gasteiger partial charge is 2.00 e. The molecule has 0 saturated carbocycles. The Morgan fingerprint density at radius 1 is 0.180 bits per heavy atom. The van der Waals surface area contributed by atoms with Gasteiger partial charge < -0.3 is 9.11 Å². The quantitative estimate of drug-likeness (QED) is 0.0370. The zero-order chi connectivity index (χ0) is 79.2. The molecule has 0 fully saturated rings. The topological polar surface area (TPSA) is 114 Å². The summed E-state index contributed by atoms with van der Waals surface area (Å²) in [6.07, 6.45) is 125. The van der Waals surface area contributed by atoms with Gasteiger partial charge in [0.15, 0.2) is 0 Å². The molecule has 0 atom stereocenters. The van der Waals surface area contributed by atoms with Gasteiger partial charge in [0.25, 0.3) is 0 Å². The third kappa shape index (κ3) is 85.3. The van der Waals surface area contributed by atoms with E-state index < -0.39 is 20.2 Å². The molecule has 2 aromatic carbocycles. The third-order valence-electron chi connectivity index (χ3n) is 24.5. The SMILES string of the molecule is CCCCCCCCCCCCCCCCCCCCCCCCCCCCCCCCCCCCCCCCCCCCCc1cccc(S(=O)(=O)[O-])c1.CCCCCCCCCCCCCCCCCCCCCCCCCCCCCCCCCCCCCCCCCCCCCc1cccc(S(=O)(=O)[O-])c1.[Mg+2]. The Hall–Kier alpha value is -0.974. The normalized spacial score (nSPS) is 11.8. The van der Waals surface area contributed by atoms with E-state index in [2.05, 4.69) is 13.8 Å². The van der Waals surface area contributed by atoms with Gasteiger partial charge in [-0.1, -0.05) is 577 Å². The summed E-state index contributed by atoms with van der Waals surface area (Å²) in [6, 6.07) is 13.0.